The van der Waals surface area contributed by atoms with Crippen molar-refractivity contribution < 1.29 is 9.53 Å². The van der Waals surface area contributed by atoms with Gasteiger partial charge in [0.2, 0.25) is 0 Å². The van der Waals surface area contributed by atoms with Crippen molar-refractivity contribution in [3.05, 3.63) is 64.6 Å². The topological polar surface area (TPSA) is 74.3 Å². The van der Waals surface area contributed by atoms with Crippen LogP contribution in [0.15, 0.2) is 53.5 Å². The number of esters is 1. The quantitative estimate of drug-likeness (QED) is 0.865. The molecule has 0 aliphatic heterocycles. The van der Waals surface area contributed by atoms with Crippen LogP contribution < -0.4 is 11.3 Å². The molecule has 0 aliphatic carbocycles. The minimum absolute atomic E-state index is 0.117. The van der Waals surface area contributed by atoms with Crippen LogP contribution in [0.2, 0.25) is 0 Å². The van der Waals surface area contributed by atoms with Gasteiger partial charge in [-0.3, -0.25) is 9.59 Å². The standard InChI is InChI=1S/C11H16N2O3.C7H8/c1-11(2,3)16-9(14)7-13-6-4-5-8(12)10(13)15;1-7-5-3-2-4-6-7/h4-6H,7,12H2,1-3H3;2-6H,1H3. The molecule has 1 heterocycles. The molecule has 0 atom stereocenters. The first-order valence-corrected chi connectivity index (χ1v) is 7.37. The highest BCUT2D eigenvalue weighted by Gasteiger charge is 2.16. The lowest BCUT2D eigenvalue weighted by Gasteiger charge is -2.19. The van der Waals surface area contributed by atoms with Gasteiger partial charge < -0.3 is 15.0 Å². The molecule has 0 saturated heterocycles. The van der Waals surface area contributed by atoms with E-state index >= 15 is 0 Å². The molecule has 0 spiro atoms. The van der Waals surface area contributed by atoms with Crippen LogP contribution in [0.3, 0.4) is 0 Å². The summed E-state index contributed by atoms with van der Waals surface area (Å²) in [5, 5.41) is 0. The van der Waals surface area contributed by atoms with Gasteiger partial charge >= 0.3 is 5.97 Å². The highest BCUT2D eigenvalue weighted by molar-refractivity contribution is 5.69. The van der Waals surface area contributed by atoms with E-state index in [2.05, 4.69) is 19.1 Å². The molecule has 5 nitrogen and oxygen atoms in total. The van der Waals surface area contributed by atoms with Gasteiger partial charge in [-0.15, -0.1) is 0 Å². The van der Waals surface area contributed by atoms with Gasteiger partial charge in [-0.2, -0.15) is 0 Å². The SMILES string of the molecule is CC(C)(C)OC(=O)Cn1cccc(N)c1=O.Cc1ccccc1. The molecule has 0 aliphatic rings. The Labute approximate surface area is 136 Å². The van der Waals surface area contributed by atoms with Crippen LogP contribution >= 0.6 is 0 Å². The van der Waals surface area contributed by atoms with Crippen molar-refractivity contribution in [1.29, 1.82) is 0 Å². The van der Waals surface area contributed by atoms with E-state index in [0.29, 0.717) is 0 Å². The fourth-order valence-corrected chi connectivity index (χ4v) is 1.73. The van der Waals surface area contributed by atoms with Crippen molar-refractivity contribution in [3.63, 3.8) is 0 Å². The predicted molar refractivity (Wildman–Crippen MR) is 92.1 cm³/mol. The number of carbonyl (C=O) groups is 1. The normalized spacial score (nSPS) is 10.4. The Kier molecular flexibility index (Phi) is 6.57. The zero-order chi connectivity index (χ0) is 17.5. The summed E-state index contributed by atoms with van der Waals surface area (Å²) in [6.45, 7) is 7.27. The number of nitrogen functional groups attached to an aromatic ring is 1. The monoisotopic (exact) mass is 316 g/mol. The lowest BCUT2D eigenvalue weighted by Crippen LogP contribution is -2.30. The molecule has 5 heteroatoms. The average Bonchev–Trinajstić information content (AvgIpc) is 2.43. The van der Waals surface area contributed by atoms with Crippen LogP contribution in [0.25, 0.3) is 0 Å². The number of hydrogen-bond donors (Lipinski definition) is 1. The van der Waals surface area contributed by atoms with Gasteiger partial charge in [-0.05, 0) is 39.8 Å². The van der Waals surface area contributed by atoms with E-state index in [4.69, 9.17) is 10.5 Å². The molecular weight excluding hydrogens is 292 g/mol. The van der Waals surface area contributed by atoms with E-state index in [1.807, 2.05) is 18.2 Å². The number of nitrogens with two attached hydrogens (primary N) is 1. The maximum absolute atomic E-state index is 11.5. The van der Waals surface area contributed by atoms with E-state index in [1.165, 1.54) is 22.4 Å². The third-order valence-electron chi connectivity index (χ3n) is 2.71. The van der Waals surface area contributed by atoms with Gasteiger partial charge in [0.1, 0.15) is 12.1 Å². The number of carbonyl (C=O) groups excluding carboxylic acids is 1. The lowest BCUT2D eigenvalue weighted by molar-refractivity contribution is -0.155. The average molecular weight is 316 g/mol. The van der Waals surface area contributed by atoms with E-state index in [0.717, 1.165) is 0 Å². The second kappa shape index (κ2) is 8.17. The van der Waals surface area contributed by atoms with Gasteiger partial charge in [0.25, 0.3) is 5.56 Å². The second-order valence-corrected chi connectivity index (χ2v) is 6.14. The van der Waals surface area contributed by atoms with E-state index in [1.54, 1.807) is 26.8 Å². The fraction of sp³-hybridized carbons (Fsp3) is 0.333. The van der Waals surface area contributed by atoms with Gasteiger partial charge in [0, 0.05) is 6.20 Å². The number of nitrogens with zero attached hydrogens (tertiary/aromatic N) is 1. The maximum atomic E-state index is 11.5. The Morgan fingerprint density at radius 1 is 1.13 bits per heavy atom. The Hall–Kier alpha value is -2.56. The number of pyridine rings is 1. The van der Waals surface area contributed by atoms with Gasteiger partial charge in [0.15, 0.2) is 0 Å². The molecule has 0 saturated carbocycles. The number of aryl methyl sites for hydroxylation is 1. The smallest absolute Gasteiger partial charge is 0.326 e. The van der Waals surface area contributed by atoms with E-state index in [-0.39, 0.29) is 17.8 Å². The highest BCUT2D eigenvalue weighted by Crippen LogP contribution is 2.07. The summed E-state index contributed by atoms with van der Waals surface area (Å²) in [5.41, 5.74) is 5.94. The van der Waals surface area contributed by atoms with Crippen molar-refractivity contribution in [1.82, 2.24) is 4.57 Å². The third-order valence-corrected chi connectivity index (χ3v) is 2.71. The second-order valence-electron chi connectivity index (χ2n) is 6.14. The molecule has 0 fully saturated rings. The summed E-state index contributed by atoms with van der Waals surface area (Å²) in [7, 11) is 0. The van der Waals surface area contributed by atoms with Crippen LogP contribution in [-0.4, -0.2) is 16.1 Å². The van der Waals surface area contributed by atoms with Crippen molar-refractivity contribution in [2.24, 2.45) is 0 Å². The molecule has 1 aromatic heterocycles. The number of hydrogen-bond acceptors (Lipinski definition) is 4. The number of aromatic nitrogens is 1. The first-order chi connectivity index (χ1) is 10.7. The molecule has 1 aromatic carbocycles. The van der Waals surface area contributed by atoms with E-state index < -0.39 is 11.6 Å². The van der Waals surface area contributed by atoms with Gasteiger partial charge in [-0.25, -0.2) is 0 Å². The Balaban J connectivity index is 0.000000313. The summed E-state index contributed by atoms with van der Waals surface area (Å²) in [6.07, 6.45) is 1.50. The Bertz CT molecular complexity index is 685. The van der Waals surface area contributed by atoms with Gasteiger partial charge in [-0.1, -0.05) is 35.9 Å². The minimum atomic E-state index is -0.555. The predicted octanol–water partition coefficient (Wildman–Crippen LogP) is 2.77. The number of rotatable bonds is 2. The zero-order valence-corrected chi connectivity index (χ0v) is 14.1. The van der Waals surface area contributed by atoms with Crippen LogP contribution in [0.5, 0.6) is 0 Å². The third kappa shape index (κ3) is 7.31. The van der Waals surface area contributed by atoms with Crippen molar-refractivity contribution >= 4 is 11.7 Å². The maximum Gasteiger partial charge on any atom is 0.326 e. The molecule has 2 rings (SSSR count). The first-order valence-electron chi connectivity index (χ1n) is 7.37. The van der Waals surface area contributed by atoms with Crippen molar-refractivity contribution in [2.45, 2.75) is 39.8 Å². The summed E-state index contributed by atoms with van der Waals surface area (Å²) in [4.78, 5) is 23.0. The molecule has 0 amide bonds. The zero-order valence-electron chi connectivity index (χ0n) is 14.1. The first kappa shape index (κ1) is 18.5. The highest BCUT2D eigenvalue weighted by atomic mass is 16.6. The largest absolute Gasteiger partial charge is 0.459 e. The molecular formula is C18H24N2O3. The molecule has 23 heavy (non-hydrogen) atoms. The van der Waals surface area contributed by atoms with Crippen LogP contribution in [0.1, 0.15) is 26.3 Å². The molecule has 2 aromatic rings. The number of benzene rings is 1. The lowest BCUT2D eigenvalue weighted by atomic mass is 10.2. The number of anilines is 1. The Morgan fingerprint density at radius 2 is 1.74 bits per heavy atom. The molecule has 0 unspecified atom stereocenters. The van der Waals surface area contributed by atoms with Crippen molar-refractivity contribution in [3.8, 4) is 0 Å². The van der Waals surface area contributed by atoms with Crippen molar-refractivity contribution in [2.75, 3.05) is 5.73 Å². The Morgan fingerprint density at radius 3 is 2.22 bits per heavy atom. The van der Waals surface area contributed by atoms with Crippen LogP contribution in [0.4, 0.5) is 5.69 Å². The number of ether oxygens (including phenoxy) is 1. The summed E-state index contributed by atoms with van der Waals surface area (Å²) in [5.74, 6) is -0.458. The summed E-state index contributed by atoms with van der Waals surface area (Å²) < 4.78 is 6.32. The molecule has 124 valence electrons. The van der Waals surface area contributed by atoms with E-state index in [9.17, 15) is 9.59 Å². The molecule has 0 radical (unpaired) electrons. The van der Waals surface area contributed by atoms with Gasteiger partial charge in [0.05, 0.1) is 5.69 Å². The van der Waals surface area contributed by atoms with Crippen LogP contribution in [0, 0.1) is 6.92 Å². The molecule has 2 N–H and O–H groups in total. The summed E-state index contributed by atoms with van der Waals surface area (Å²) >= 11 is 0. The fourth-order valence-electron chi connectivity index (χ4n) is 1.73. The minimum Gasteiger partial charge on any atom is -0.459 e. The molecule has 0 bridgehead atoms. The van der Waals surface area contributed by atoms with Crippen LogP contribution in [-0.2, 0) is 16.1 Å². The summed E-state index contributed by atoms with van der Waals surface area (Å²) in [6, 6.07) is 13.4.